The zero-order valence-electron chi connectivity index (χ0n) is 12.2. The number of aromatic nitrogens is 1. The summed E-state index contributed by atoms with van der Waals surface area (Å²) in [6.45, 7) is 0.0417. The predicted octanol–water partition coefficient (Wildman–Crippen LogP) is 1.44. The molecule has 10 heteroatoms. The van der Waals surface area contributed by atoms with Gasteiger partial charge in [-0.3, -0.25) is 10.2 Å². The molecule has 0 aliphatic heterocycles. The van der Waals surface area contributed by atoms with Crippen LogP contribution in [0.2, 0.25) is 5.02 Å². The molecule has 0 aliphatic rings. The smallest absolute Gasteiger partial charge is 0.252 e. The van der Waals surface area contributed by atoms with Gasteiger partial charge in [0.05, 0.1) is 16.3 Å². The number of hydrogen-bond donors (Lipinski definition) is 3. The lowest BCUT2D eigenvalue weighted by atomic mass is 10.1. The van der Waals surface area contributed by atoms with E-state index in [0.717, 1.165) is 6.07 Å². The Bertz CT molecular complexity index is 905. The number of halogens is 3. The first kappa shape index (κ1) is 20.1. The standard InChI is InChI=1S/C14H13ClFN3O3S.ClH/c15-10-4-12(14(18)20)13(17)19(6-10)5-8-1-9(7-23(21)22)3-11(16)2-8;/h1-4,6,17,23H,5,7H2,(H2,18,20);1H. The highest BCUT2D eigenvalue weighted by atomic mass is 35.5. The van der Waals surface area contributed by atoms with Gasteiger partial charge in [0.1, 0.15) is 22.0 Å². The maximum absolute atomic E-state index is 13.6. The molecule has 1 aromatic carbocycles. The summed E-state index contributed by atoms with van der Waals surface area (Å²) in [6, 6.07) is 5.15. The Morgan fingerprint density at radius 1 is 1.25 bits per heavy atom. The number of nitrogens with one attached hydrogen (secondary N) is 1. The molecule has 3 N–H and O–H groups in total. The SMILES string of the molecule is Cl.N=c1c(C(N)=O)cc(Cl)cn1Cc1cc(F)cc(C[SH](=O)=O)c1. The Hall–Kier alpha value is -1.90. The summed E-state index contributed by atoms with van der Waals surface area (Å²) in [4.78, 5) is 11.3. The summed E-state index contributed by atoms with van der Waals surface area (Å²) < 4.78 is 36.5. The largest absolute Gasteiger partial charge is 0.365 e. The van der Waals surface area contributed by atoms with E-state index in [2.05, 4.69) is 0 Å². The van der Waals surface area contributed by atoms with Gasteiger partial charge in [0.15, 0.2) is 0 Å². The third-order valence-corrected chi connectivity index (χ3v) is 3.88. The average Bonchev–Trinajstić information content (AvgIpc) is 2.40. The normalized spacial score (nSPS) is 10.5. The number of hydrogen-bond acceptors (Lipinski definition) is 4. The van der Waals surface area contributed by atoms with Gasteiger partial charge in [-0.25, -0.2) is 12.8 Å². The Morgan fingerprint density at radius 2 is 1.88 bits per heavy atom. The monoisotopic (exact) mass is 393 g/mol. The van der Waals surface area contributed by atoms with E-state index in [1.165, 1.54) is 29.0 Å². The minimum absolute atomic E-state index is 0. The first-order valence-electron chi connectivity index (χ1n) is 6.41. The van der Waals surface area contributed by atoms with Crippen LogP contribution in [-0.2, 0) is 23.0 Å². The summed E-state index contributed by atoms with van der Waals surface area (Å²) >= 11 is 5.90. The summed E-state index contributed by atoms with van der Waals surface area (Å²) in [5.41, 5.74) is 5.71. The third-order valence-electron chi connectivity index (χ3n) is 3.05. The molecule has 0 atom stereocenters. The molecule has 0 saturated heterocycles. The molecule has 0 saturated carbocycles. The van der Waals surface area contributed by atoms with Crippen molar-refractivity contribution in [1.29, 1.82) is 5.41 Å². The van der Waals surface area contributed by atoms with Crippen LogP contribution in [0.5, 0.6) is 0 Å². The predicted molar refractivity (Wildman–Crippen MR) is 90.6 cm³/mol. The quantitative estimate of drug-likeness (QED) is 0.669. The fraction of sp³-hybridized carbons (Fsp3) is 0.143. The molecular weight excluding hydrogens is 380 g/mol. The summed E-state index contributed by atoms with van der Waals surface area (Å²) in [5, 5.41) is 8.16. The van der Waals surface area contributed by atoms with Crippen molar-refractivity contribution in [1.82, 2.24) is 4.57 Å². The van der Waals surface area contributed by atoms with Crippen LogP contribution in [0.15, 0.2) is 30.5 Å². The second-order valence-electron chi connectivity index (χ2n) is 4.87. The number of carbonyl (C=O) groups is 1. The maximum atomic E-state index is 13.6. The molecular formula is C14H14Cl2FN3O3S. The Balaban J connectivity index is 0.00000288. The summed E-state index contributed by atoms with van der Waals surface area (Å²) in [7, 11) is -2.68. The lowest BCUT2D eigenvalue weighted by Gasteiger charge is -2.11. The molecule has 0 radical (unpaired) electrons. The number of pyridine rings is 1. The number of rotatable bonds is 5. The maximum Gasteiger partial charge on any atom is 0.252 e. The molecule has 1 aromatic heterocycles. The van der Waals surface area contributed by atoms with E-state index in [4.69, 9.17) is 22.7 Å². The van der Waals surface area contributed by atoms with Crippen molar-refractivity contribution in [3.63, 3.8) is 0 Å². The highest BCUT2D eigenvalue weighted by Gasteiger charge is 2.10. The molecule has 2 rings (SSSR count). The number of nitrogens with two attached hydrogens (primary N) is 1. The van der Waals surface area contributed by atoms with E-state index in [0.29, 0.717) is 11.1 Å². The van der Waals surface area contributed by atoms with Gasteiger partial charge in [-0.1, -0.05) is 17.7 Å². The van der Waals surface area contributed by atoms with E-state index in [1.807, 2.05) is 0 Å². The van der Waals surface area contributed by atoms with Gasteiger partial charge < -0.3 is 10.3 Å². The van der Waals surface area contributed by atoms with E-state index >= 15 is 0 Å². The van der Waals surface area contributed by atoms with Crippen LogP contribution >= 0.6 is 24.0 Å². The van der Waals surface area contributed by atoms with Gasteiger partial charge in [-0.2, -0.15) is 0 Å². The van der Waals surface area contributed by atoms with Gasteiger partial charge in [-0.15, -0.1) is 12.4 Å². The summed E-state index contributed by atoms with van der Waals surface area (Å²) in [6.07, 6.45) is 1.41. The topological polar surface area (TPSA) is 106 Å². The van der Waals surface area contributed by atoms with E-state index in [1.54, 1.807) is 0 Å². The fourth-order valence-corrected chi connectivity index (χ4v) is 2.88. The number of carbonyl (C=O) groups excluding carboxylic acids is 1. The van der Waals surface area contributed by atoms with Crippen LogP contribution < -0.4 is 11.2 Å². The first-order chi connectivity index (χ1) is 10.8. The van der Waals surface area contributed by atoms with Crippen molar-refractivity contribution in [3.05, 3.63) is 63.5 Å². The number of benzene rings is 1. The molecule has 0 bridgehead atoms. The highest BCUT2D eigenvalue weighted by Crippen LogP contribution is 2.13. The third kappa shape index (κ3) is 5.05. The highest BCUT2D eigenvalue weighted by molar-refractivity contribution is 7.71. The number of nitrogens with zero attached hydrogens (tertiary/aromatic N) is 1. The van der Waals surface area contributed by atoms with Crippen molar-refractivity contribution in [3.8, 4) is 0 Å². The lowest BCUT2D eigenvalue weighted by Crippen LogP contribution is -2.29. The van der Waals surface area contributed by atoms with Crippen LogP contribution in [-0.4, -0.2) is 18.9 Å². The lowest BCUT2D eigenvalue weighted by molar-refractivity contribution is 0.0997. The van der Waals surface area contributed by atoms with Crippen molar-refractivity contribution in [2.75, 3.05) is 0 Å². The van der Waals surface area contributed by atoms with Gasteiger partial charge in [0.2, 0.25) is 0 Å². The minimum Gasteiger partial charge on any atom is -0.365 e. The molecule has 130 valence electrons. The molecule has 0 unspecified atom stereocenters. The van der Waals surface area contributed by atoms with Crippen LogP contribution in [0.1, 0.15) is 21.5 Å². The number of thiol groups is 1. The number of amides is 1. The second kappa shape index (κ2) is 8.27. The number of primary amides is 1. The molecule has 1 amide bonds. The minimum atomic E-state index is -2.68. The van der Waals surface area contributed by atoms with Crippen molar-refractivity contribution < 1.29 is 17.6 Å². The average molecular weight is 394 g/mol. The van der Waals surface area contributed by atoms with Crippen LogP contribution in [0.4, 0.5) is 4.39 Å². The Morgan fingerprint density at radius 3 is 2.46 bits per heavy atom. The molecule has 0 fully saturated rings. The van der Waals surface area contributed by atoms with Gasteiger partial charge >= 0.3 is 0 Å². The van der Waals surface area contributed by atoms with Gasteiger partial charge in [-0.05, 0) is 29.3 Å². The van der Waals surface area contributed by atoms with Crippen LogP contribution in [0.25, 0.3) is 0 Å². The second-order valence-corrected chi connectivity index (χ2v) is 6.29. The van der Waals surface area contributed by atoms with Crippen LogP contribution in [0.3, 0.4) is 0 Å². The van der Waals surface area contributed by atoms with E-state index in [-0.39, 0.29) is 40.8 Å². The molecule has 0 aliphatic carbocycles. The van der Waals surface area contributed by atoms with Crippen molar-refractivity contribution in [2.24, 2.45) is 5.73 Å². The Labute approximate surface area is 149 Å². The molecule has 6 nitrogen and oxygen atoms in total. The first-order valence-corrected chi connectivity index (χ1v) is 8.15. The van der Waals surface area contributed by atoms with Crippen molar-refractivity contribution >= 4 is 40.6 Å². The molecule has 24 heavy (non-hydrogen) atoms. The van der Waals surface area contributed by atoms with Crippen molar-refractivity contribution in [2.45, 2.75) is 12.3 Å². The molecule has 1 heterocycles. The van der Waals surface area contributed by atoms with Gasteiger partial charge in [0.25, 0.3) is 5.91 Å². The Kier molecular flexibility index (Phi) is 6.94. The van der Waals surface area contributed by atoms with Crippen LogP contribution in [0, 0.1) is 11.2 Å². The van der Waals surface area contributed by atoms with Gasteiger partial charge in [0, 0.05) is 12.7 Å². The zero-order chi connectivity index (χ0) is 17.1. The fourth-order valence-electron chi connectivity index (χ4n) is 2.17. The van der Waals surface area contributed by atoms with E-state index in [9.17, 15) is 17.6 Å². The zero-order valence-corrected chi connectivity index (χ0v) is 14.6. The molecule has 0 spiro atoms. The summed E-state index contributed by atoms with van der Waals surface area (Å²) in [5.74, 6) is -1.66. The van der Waals surface area contributed by atoms with E-state index < -0.39 is 22.4 Å². The molecule has 2 aromatic rings.